The zero-order valence-electron chi connectivity index (χ0n) is 13.3. The maximum absolute atomic E-state index is 12.4. The average molecular weight is 388 g/mol. The summed E-state index contributed by atoms with van der Waals surface area (Å²) < 4.78 is 32.5. The molecular weight excluding hydrogens is 370 g/mol. The molecule has 7 nitrogen and oxygen atoms in total. The molecule has 0 saturated heterocycles. The first kappa shape index (κ1) is 18.7. The van der Waals surface area contributed by atoms with Crippen molar-refractivity contribution >= 4 is 44.2 Å². The third kappa shape index (κ3) is 4.92. The molecule has 0 unspecified atom stereocenters. The van der Waals surface area contributed by atoms with E-state index in [2.05, 4.69) is 33.5 Å². The van der Waals surface area contributed by atoms with Crippen LogP contribution < -0.4 is 4.72 Å². The molecule has 2 aromatic rings. The molecule has 0 spiro atoms. The van der Waals surface area contributed by atoms with Crippen molar-refractivity contribution in [1.82, 2.24) is 10.2 Å². The minimum Gasteiger partial charge on any atom is -0.465 e. The Morgan fingerprint density at radius 1 is 1.38 bits per heavy atom. The van der Waals surface area contributed by atoms with E-state index in [9.17, 15) is 13.2 Å². The summed E-state index contributed by atoms with van der Waals surface area (Å²) in [4.78, 5) is 11.5. The highest BCUT2D eigenvalue weighted by molar-refractivity contribution is 8.01. The first-order valence-electron chi connectivity index (χ1n) is 6.99. The molecule has 1 aromatic heterocycles. The molecule has 0 bridgehead atoms. The number of rotatable bonds is 7. The molecule has 1 heterocycles. The number of nitrogens with one attached hydrogen (secondary N) is 1. The van der Waals surface area contributed by atoms with Gasteiger partial charge in [-0.15, -0.1) is 10.2 Å². The molecule has 130 valence electrons. The molecule has 1 aromatic carbocycles. The fraction of sp³-hybridized carbons (Fsp3) is 0.357. The second-order valence-corrected chi connectivity index (χ2v) is 9.13. The molecule has 0 fully saturated rings. The number of esters is 1. The smallest absolute Gasteiger partial charge is 0.337 e. The SMILES string of the molecule is COC(=O)c1cccc(S(=O)(=O)Nc2nnc(SCC(C)C)s2)c1. The standard InChI is InChI=1S/C14H17N3O4S3/c1-9(2)8-22-14-16-15-13(23-14)17-24(19,20)11-6-4-5-10(7-11)12(18)21-3/h4-7,9H,8H2,1-3H3,(H,15,17). The summed E-state index contributed by atoms with van der Waals surface area (Å²) in [7, 11) is -2.62. The van der Waals surface area contributed by atoms with E-state index >= 15 is 0 Å². The van der Waals surface area contributed by atoms with E-state index in [4.69, 9.17) is 0 Å². The third-order valence-corrected chi connectivity index (χ3v) is 6.60. The van der Waals surface area contributed by atoms with Crippen LogP contribution in [0.2, 0.25) is 0 Å². The summed E-state index contributed by atoms with van der Waals surface area (Å²) in [6.45, 7) is 4.18. The Morgan fingerprint density at radius 3 is 2.79 bits per heavy atom. The number of thioether (sulfide) groups is 1. The topological polar surface area (TPSA) is 98.2 Å². The van der Waals surface area contributed by atoms with Gasteiger partial charge in [-0.3, -0.25) is 4.72 Å². The lowest BCUT2D eigenvalue weighted by molar-refractivity contribution is 0.0600. The summed E-state index contributed by atoms with van der Waals surface area (Å²) in [5.74, 6) is 0.776. The first-order valence-corrected chi connectivity index (χ1v) is 10.3. The van der Waals surface area contributed by atoms with E-state index in [0.29, 0.717) is 10.3 Å². The van der Waals surface area contributed by atoms with Gasteiger partial charge in [0.1, 0.15) is 0 Å². The zero-order chi connectivity index (χ0) is 17.7. The Bertz CT molecular complexity index is 818. The van der Waals surface area contributed by atoms with Gasteiger partial charge in [-0.2, -0.15) is 0 Å². The summed E-state index contributed by atoms with van der Waals surface area (Å²) in [6, 6.07) is 5.61. The van der Waals surface area contributed by atoms with Crippen LogP contribution in [0, 0.1) is 5.92 Å². The van der Waals surface area contributed by atoms with E-state index in [-0.39, 0.29) is 15.6 Å². The van der Waals surface area contributed by atoms with Gasteiger partial charge in [-0.1, -0.05) is 43.0 Å². The molecule has 0 saturated carbocycles. The molecule has 0 aliphatic heterocycles. The van der Waals surface area contributed by atoms with Crippen LogP contribution >= 0.6 is 23.1 Å². The summed E-state index contributed by atoms with van der Waals surface area (Å²) in [5, 5.41) is 7.98. The first-order chi connectivity index (χ1) is 11.3. The van der Waals surface area contributed by atoms with E-state index < -0.39 is 16.0 Å². The lowest BCUT2D eigenvalue weighted by Crippen LogP contribution is -2.13. The van der Waals surface area contributed by atoms with Gasteiger partial charge in [0.05, 0.1) is 17.6 Å². The molecule has 1 N–H and O–H groups in total. The van der Waals surface area contributed by atoms with Crippen LogP contribution in [-0.4, -0.2) is 37.4 Å². The van der Waals surface area contributed by atoms with Crippen LogP contribution in [0.5, 0.6) is 0 Å². The molecule has 10 heteroatoms. The summed E-state index contributed by atoms with van der Waals surface area (Å²) >= 11 is 2.70. The van der Waals surface area contributed by atoms with Crippen molar-refractivity contribution in [1.29, 1.82) is 0 Å². The normalized spacial score (nSPS) is 11.5. The number of carbonyl (C=O) groups excluding carboxylic acids is 1. The monoisotopic (exact) mass is 387 g/mol. The lowest BCUT2D eigenvalue weighted by atomic mass is 10.2. The highest BCUT2D eigenvalue weighted by Crippen LogP contribution is 2.28. The van der Waals surface area contributed by atoms with Crippen molar-refractivity contribution in [2.45, 2.75) is 23.1 Å². The van der Waals surface area contributed by atoms with Crippen molar-refractivity contribution in [3.8, 4) is 0 Å². The maximum Gasteiger partial charge on any atom is 0.337 e. The van der Waals surface area contributed by atoms with Crippen molar-refractivity contribution in [3.05, 3.63) is 29.8 Å². The highest BCUT2D eigenvalue weighted by Gasteiger charge is 2.19. The van der Waals surface area contributed by atoms with Crippen LogP contribution in [-0.2, 0) is 14.8 Å². The van der Waals surface area contributed by atoms with Crippen LogP contribution in [0.25, 0.3) is 0 Å². The Labute approximate surface area is 148 Å². The number of benzene rings is 1. The molecule has 0 atom stereocenters. The number of ether oxygens (including phenoxy) is 1. The summed E-state index contributed by atoms with van der Waals surface area (Å²) in [5.41, 5.74) is 0.158. The van der Waals surface area contributed by atoms with E-state index in [0.717, 1.165) is 5.75 Å². The van der Waals surface area contributed by atoms with E-state index in [1.807, 2.05) is 0 Å². The van der Waals surface area contributed by atoms with Crippen LogP contribution in [0.3, 0.4) is 0 Å². The maximum atomic E-state index is 12.4. The number of aromatic nitrogens is 2. The number of hydrogen-bond acceptors (Lipinski definition) is 8. The van der Waals surface area contributed by atoms with Crippen molar-refractivity contribution < 1.29 is 17.9 Å². The Kier molecular flexibility index (Phi) is 6.19. The molecule has 0 aliphatic rings. The number of nitrogens with zero attached hydrogens (tertiary/aromatic N) is 2. The number of hydrogen-bond donors (Lipinski definition) is 1. The fourth-order valence-electron chi connectivity index (χ4n) is 1.63. The van der Waals surface area contributed by atoms with Gasteiger partial charge >= 0.3 is 5.97 Å². The molecular formula is C14H17N3O4S3. The van der Waals surface area contributed by atoms with Crippen LogP contribution in [0.1, 0.15) is 24.2 Å². The van der Waals surface area contributed by atoms with Gasteiger partial charge in [0.2, 0.25) is 5.13 Å². The van der Waals surface area contributed by atoms with E-state index in [1.165, 1.54) is 54.5 Å². The fourth-order valence-corrected chi connectivity index (χ4v) is 4.63. The highest BCUT2D eigenvalue weighted by atomic mass is 32.2. The van der Waals surface area contributed by atoms with E-state index in [1.54, 1.807) is 0 Å². The number of methoxy groups -OCH3 is 1. The largest absolute Gasteiger partial charge is 0.465 e. The molecule has 24 heavy (non-hydrogen) atoms. The second kappa shape index (κ2) is 7.95. The molecule has 2 rings (SSSR count). The summed E-state index contributed by atoms with van der Waals surface area (Å²) in [6.07, 6.45) is 0. The van der Waals surface area contributed by atoms with Crippen molar-refractivity contribution in [2.75, 3.05) is 17.6 Å². The zero-order valence-corrected chi connectivity index (χ0v) is 15.8. The minimum absolute atomic E-state index is 0.0445. The van der Waals surface area contributed by atoms with Gasteiger partial charge in [0.15, 0.2) is 4.34 Å². The van der Waals surface area contributed by atoms with Gasteiger partial charge in [-0.05, 0) is 24.1 Å². The quantitative estimate of drug-likeness (QED) is 0.576. The lowest BCUT2D eigenvalue weighted by Gasteiger charge is -2.06. The predicted molar refractivity (Wildman–Crippen MR) is 94.1 cm³/mol. The minimum atomic E-state index is -3.85. The van der Waals surface area contributed by atoms with Gasteiger partial charge in [0.25, 0.3) is 10.0 Å². The van der Waals surface area contributed by atoms with Gasteiger partial charge < -0.3 is 4.74 Å². The number of carbonyl (C=O) groups is 1. The predicted octanol–water partition coefficient (Wildman–Crippen LogP) is 2.87. The van der Waals surface area contributed by atoms with Crippen LogP contribution in [0.15, 0.2) is 33.5 Å². The second-order valence-electron chi connectivity index (χ2n) is 5.20. The number of anilines is 1. The molecule has 0 radical (unpaired) electrons. The molecule has 0 aliphatic carbocycles. The van der Waals surface area contributed by atoms with Crippen molar-refractivity contribution in [3.63, 3.8) is 0 Å². The van der Waals surface area contributed by atoms with Gasteiger partial charge in [0, 0.05) is 5.75 Å². The van der Waals surface area contributed by atoms with Crippen molar-refractivity contribution in [2.24, 2.45) is 5.92 Å². The molecule has 0 amide bonds. The Hall–Kier alpha value is -1.65. The van der Waals surface area contributed by atoms with Crippen LogP contribution in [0.4, 0.5) is 5.13 Å². The average Bonchev–Trinajstić information content (AvgIpc) is 2.99. The Morgan fingerprint density at radius 2 is 2.12 bits per heavy atom. The Balaban J connectivity index is 2.15. The number of sulfonamides is 1. The third-order valence-electron chi connectivity index (χ3n) is 2.73. The van der Waals surface area contributed by atoms with Gasteiger partial charge in [-0.25, -0.2) is 13.2 Å².